The van der Waals surface area contributed by atoms with Crippen molar-refractivity contribution < 1.29 is 4.74 Å². The van der Waals surface area contributed by atoms with Gasteiger partial charge in [-0.05, 0) is 37.1 Å². The lowest BCUT2D eigenvalue weighted by Gasteiger charge is -2.19. The first-order valence-corrected chi connectivity index (χ1v) is 6.91. The van der Waals surface area contributed by atoms with Gasteiger partial charge in [-0.2, -0.15) is 15.5 Å². The largest absolute Gasteiger partial charge is 0.437 e. The number of nitrogen functional groups attached to an aromatic ring is 1. The zero-order valence-electron chi connectivity index (χ0n) is 12.9. The van der Waals surface area contributed by atoms with Gasteiger partial charge in [0.05, 0.1) is 12.1 Å². The number of anilines is 2. The Bertz CT molecular complexity index is 774. The van der Waals surface area contributed by atoms with Crippen LogP contribution < -0.4 is 15.4 Å². The molecule has 1 heterocycles. The topological polar surface area (TPSA) is 112 Å². The summed E-state index contributed by atoms with van der Waals surface area (Å²) >= 11 is 0. The lowest BCUT2D eigenvalue weighted by molar-refractivity contribution is 0.463. The molecule has 2 rings (SSSR count). The van der Waals surface area contributed by atoms with Crippen molar-refractivity contribution in [3.8, 4) is 23.8 Å². The van der Waals surface area contributed by atoms with Crippen molar-refractivity contribution in [2.45, 2.75) is 13.8 Å². The van der Waals surface area contributed by atoms with Gasteiger partial charge in [-0.15, -0.1) is 0 Å². The molecule has 1 aromatic heterocycles. The number of ether oxygens (including phenoxy) is 1. The lowest BCUT2D eigenvalue weighted by Crippen LogP contribution is -2.26. The molecule has 23 heavy (non-hydrogen) atoms. The van der Waals surface area contributed by atoms with Crippen LogP contribution in [0.25, 0.3) is 0 Å². The van der Waals surface area contributed by atoms with E-state index in [-0.39, 0.29) is 24.7 Å². The van der Waals surface area contributed by atoms with E-state index in [4.69, 9.17) is 21.0 Å². The van der Waals surface area contributed by atoms with E-state index in [1.165, 1.54) is 11.2 Å². The summed E-state index contributed by atoms with van der Waals surface area (Å²) in [7, 11) is 0. The molecule has 0 spiro atoms. The van der Waals surface area contributed by atoms with Gasteiger partial charge in [-0.25, -0.2) is 4.98 Å². The van der Waals surface area contributed by atoms with E-state index in [0.717, 1.165) is 11.1 Å². The van der Waals surface area contributed by atoms with Gasteiger partial charge < -0.3 is 15.4 Å². The zero-order chi connectivity index (χ0) is 16.8. The summed E-state index contributed by atoms with van der Waals surface area (Å²) in [6, 6.07) is 9.62. The van der Waals surface area contributed by atoms with Crippen molar-refractivity contribution in [3.63, 3.8) is 0 Å². The summed E-state index contributed by atoms with van der Waals surface area (Å²) in [5.41, 5.74) is 8.49. The smallest absolute Gasteiger partial charge is 0.248 e. The highest BCUT2D eigenvalue weighted by atomic mass is 16.5. The maximum Gasteiger partial charge on any atom is 0.248 e. The average molecular weight is 308 g/mol. The Labute approximate surface area is 134 Å². The van der Waals surface area contributed by atoms with Crippen molar-refractivity contribution in [2.75, 3.05) is 23.7 Å². The molecule has 0 aliphatic heterocycles. The molecule has 7 nitrogen and oxygen atoms in total. The van der Waals surface area contributed by atoms with E-state index in [1.54, 1.807) is 0 Å². The van der Waals surface area contributed by atoms with E-state index < -0.39 is 0 Å². The van der Waals surface area contributed by atoms with Crippen LogP contribution in [0.15, 0.2) is 24.5 Å². The molecule has 116 valence electrons. The normalized spacial score (nSPS) is 9.74. The molecule has 0 unspecified atom stereocenters. The van der Waals surface area contributed by atoms with Gasteiger partial charge in [0.1, 0.15) is 30.9 Å². The molecule has 7 heteroatoms. The summed E-state index contributed by atoms with van der Waals surface area (Å²) in [5, 5.41) is 17.7. The van der Waals surface area contributed by atoms with Crippen LogP contribution in [0.5, 0.6) is 11.6 Å². The van der Waals surface area contributed by atoms with Crippen molar-refractivity contribution in [2.24, 2.45) is 0 Å². The van der Waals surface area contributed by atoms with Gasteiger partial charge >= 0.3 is 0 Å². The number of nitrogens with two attached hydrogens (primary N) is 1. The summed E-state index contributed by atoms with van der Waals surface area (Å²) in [6.07, 6.45) is 1.30. The first-order chi connectivity index (χ1) is 11.1. The van der Waals surface area contributed by atoms with E-state index in [0.29, 0.717) is 11.6 Å². The Morgan fingerprint density at radius 3 is 2.43 bits per heavy atom. The summed E-state index contributed by atoms with van der Waals surface area (Å²) < 4.78 is 5.72. The third-order valence-electron chi connectivity index (χ3n) is 3.34. The molecule has 2 N–H and O–H groups in total. The molecule has 0 radical (unpaired) electrons. The van der Waals surface area contributed by atoms with Gasteiger partial charge in [0.2, 0.25) is 5.88 Å². The van der Waals surface area contributed by atoms with E-state index in [9.17, 15) is 0 Å². The standard InChI is InChI=1S/C16H16N6O/c1-11-3-4-13(9-12(11)2)23-16-14(19)15(20-10-21-16)22(7-5-17)8-6-18/h3-4,9-10H,7-8,19H2,1-2H3. The van der Waals surface area contributed by atoms with Crippen LogP contribution in [0.1, 0.15) is 11.1 Å². The molecule has 0 saturated carbocycles. The van der Waals surface area contributed by atoms with Crippen LogP contribution >= 0.6 is 0 Å². The second kappa shape index (κ2) is 7.10. The summed E-state index contributed by atoms with van der Waals surface area (Å²) in [4.78, 5) is 9.56. The van der Waals surface area contributed by atoms with Crippen molar-refractivity contribution in [3.05, 3.63) is 35.7 Å². The second-order valence-corrected chi connectivity index (χ2v) is 4.94. The Balaban J connectivity index is 2.34. The first kappa shape index (κ1) is 16.1. The molecule has 0 amide bonds. The van der Waals surface area contributed by atoms with Crippen molar-refractivity contribution >= 4 is 11.5 Å². The molecule has 0 fully saturated rings. The SMILES string of the molecule is Cc1ccc(Oc2ncnc(N(CC#N)CC#N)c2N)cc1C. The zero-order valence-corrected chi connectivity index (χ0v) is 12.9. The van der Waals surface area contributed by atoms with Gasteiger partial charge in [0.25, 0.3) is 0 Å². The fourth-order valence-electron chi connectivity index (χ4n) is 1.97. The number of aromatic nitrogens is 2. The highest BCUT2D eigenvalue weighted by molar-refractivity contribution is 5.68. The molecule has 0 saturated heterocycles. The minimum Gasteiger partial charge on any atom is -0.437 e. The lowest BCUT2D eigenvalue weighted by atomic mass is 10.1. The molecule has 1 aromatic carbocycles. The maximum atomic E-state index is 8.86. The molecule has 2 aromatic rings. The van der Waals surface area contributed by atoms with Crippen LogP contribution in [-0.4, -0.2) is 23.1 Å². The minimum atomic E-state index is -0.00213. The van der Waals surface area contributed by atoms with Crippen LogP contribution in [-0.2, 0) is 0 Å². The molecular formula is C16H16N6O. The van der Waals surface area contributed by atoms with Gasteiger partial charge in [0.15, 0.2) is 5.82 Å². The third-order valence-corrected chi connectivity index (χ3v) is 3.34. The maximum absolute atomic E-state index is 8.86. The van der Waals surface area contributed by atoms with Crippen LogP contribution in [0.3, 0.4) is 0 Å². The van der Waals surface area contributed by atoms with Crippen molar-refractivity contribution in [1.82, 2.24) is 9.97 Å². The Morgan fingerprint density at radius 2 is 1.83 bits per heavy atom. The molecule has 0 atom stereocenters. The molecule has 0 aliphatic carbocycles. The predicted molar refractivity (Wildman–Crippen MR) is 85.9 cm³/mol. The number of rotatable bonds is 5. The Kier molecular flexibility index (Phi) is 4.96. The number of nitriles is 2. The van der Waals surface area contributed by atoms with Crippen molar-refractivity contribution in [1.29, 1.82) is 10.5 Å². The monoisotopic (exact) mass is 308 g/mol. The van der Waals surface area contributed by atoms with Crippen LogP contribution in [0, 0.1) is 36.5 Å². The highest BCUT2D eigenvalue weighted by Crippen LogP contribution is 2.31. The highest BCUT2D eigenvalue weighted by Gasteiger charge is 2.16. The second-order valence-electron chi connectivity index (χ2n) is 4.94. The van der Waals surface area contributed by atoms with Gasteiger partial charge in [-0.3, -0.25) is 0 Å². The molecule has 0 bridgehead atoms. The van der Waals surface area contributed by atoms with Crippen LogP contribution in [0.4, 0.5) is 11.5 Å². The fraction of sp³-hybridized carbons (Fsp3) is 0.250. The average Bonchev–Trinajstić information content (AvgIpc) is 2.53. The predicted octanol–water partition coefficient (Wildman–Crippen LogP) is 2.32. The van der Waals surface area contributed by atoms with Crippen LogP contribution in [0.2, 0.25) is 0 Å². The third kappa shape index (κ3) is 3.66. The fourth-order valence-corrected chi connectivity index (χ4v) is 1.97. The Hall–Kier alpha value is -3.32. The summed E-state index contributed by atoms with van der Waals surface area (Å²) in [6.45, 7) is 3.99. The number of hydrogen-bond acceptors (Lipinski definition) is 7. The summed E-state index contributed by atoms with van der Waals surface area (Å²) in [5.74, 6) is 1.11. The number of hydrogen-bond donors (Lipinski definition) is 1. The number of nitrogens with zero attached hydrogens (tertiary/aromatic N) is 5. The van der Waals surface area contributed by atoms with Gasteiger partial charge in [0, 0.05) is 0 Å². The molecule has 0 aliphatic rings. The quantitative estimate of drug-likeness (QED) is 0.843. The minimum absolute atomic E-state index is 0.00213. The number of benzene rings is 1. The van der Waals surface area contributed by atoms with E-state index in [2.05, 4.69) is 9.97 Å². The van der Waals surface area contributed by atoms with E-state index in [1.807, 2.05) is 44.2 Å². The number of aryl methyl sites for hydroxylation is 2. The first-order valence-electron chi connectivity index (χ1n) is 6.91. The molecular weight excluding hydrogens is 292 g/mol. The Morgan fingerprint density at radius 1 is 1.13 bits per heavy atom. The van der Waals surface area contributed by atoms with Gasteiger partial charge in [-0.1, -0.05) is 6.07 Å². The van der Waals surface area contributed by atoms with E-state index >= 15 is 0 Å².